The summed E-state index contributed by atoms with van der Waals surface area (Å²) in [5.74, 6) is 0.163. The zero-order valence-corrected chi connectivity index (χ0v) is 15.0. The molecule has 0 radical (unpaired) electrons. The molecule has 0 atom stereocenters. The Morgan fingerprint density at radius 3 is 2.29 bits per heavy atom. The number of benzene rings is 2. The van der Waals surface area contributed by atoms with Crippen LogP contribution in [0.2, 0.25) is 0 Å². The molecule has 8 heteroatoms. The van der Waals surface area contributed by atoms with Crippen molar-refractivity contribution in [3.63, 3.8) is 0 Å². The summed E-state index contributed by atoms with van der Waals surface area (Å²) in [5, 5.41) is 5.72. The van der Waals surface area contributed by atoms with E-state index >= 15 is 0 Å². The van der Waals surface area contributed by atoms with Gasteiger partial charge < -0.3 is 10.6 Å². The molecule has 0 unspecified atom stereocenters. The lowest BCUT2D eigenvalue weighted by molar-refractivity contribution is -0.137. The molecule has 4 rings (SSSR count). The summed E-state index contributed by atoms with van der Waals surface area (Å²) in [4.78, 5) is 13.0. The molecule has 1 aliphatic heterocycles. The molecular formula is C20H19F3N4O. The third-order valence-corrected chi connectivity index (χ3v) is 5.25. The first-order chi connectivity index (χ1) is 13.3. The minimum absolute atomic E-state index is 0.163. The van der Waals surface area contributed by atoms with Gasteiger partial charge in [-0.05, 0) is 43.2 Å². The molecule has 2 aromatic carbocycles. The molecular weight excluding hydrogens is 369 g/mol. The Hall–Kier alpha value is -3.03. The molecule has 1 aliphatic rings. The predicted octanol–water partition coefficient (Wildman–Crippen LogP) is 4.30. The van der Waals surface area contributed by atoms with Crippen molar-refractivity contribution in [2.75, 3.05) is 13.1 Å². The SMILES string of the molecule is NC(=O)N1CCC(c2nn(-c3ccc(C(F)(F)F)cc3)c3ccccc23)CC1. The number of hydrogen-bond donors (Lipinski definition) is 1. The number of fused-ring (bicyclic) bond motifs is 1. The van der Waals surface area contributed by atoms with Crippen LogP contribution in [0.4, 0.5) is 18.0 Å². The Kier molecular flexibility index (Phi) is 4.49. The van der Waals surface area contributed by atoms with Gasteiger partial charge in [0.25, 0.3) is 0 Å². The van der Waals surface area contributed by atoms with Gasteiger partial charge in [0.1, 0.15) is 0 Å². The highest BCUT2D eigenvalue weighted by Crippen LogP contribution is 2.34. The van der Waals surface area contributed by atoms with Gasteiger partial charge in [0.2, 0.25) is 0 Å². The summed E-state index contributed by atoms with van der Waals surface area (Å²) in [6.07, 6.45) is -2.88. The number of carbonyl (C=O) groups is 1. The van der Waals surface area contributed by atoms with E-state index in [0.717, 1.165) is 41.6 Å². The summed E-state index contributed by atoms with van der Waals surface area (Å²) in [7, 11) is 0. The summed E-state index contributed by atoms with van der Waals surface area (Å²) < 4.78 is 40.2. The molecule has 3 aromatic rings. The van der Waals surface area contributed by atoms with Gasteiger partial charge in [0, 0.05) is 24.4 Å². The molecule has 0 saturated carbocycles. The van der Waals surface area contributed by atoms with Gasteiger partial charge in [-0.2, -0.15) is 18.3 Å². The molecule has 0 aliphatic carbocycles. The number of carbonyl (C=O) groups excluding carboxylic acids is 1. The van der Waals surface area contributed by atoms with E-state index in [1.807, 2.05) is 24.3 Å². The van der Waals surface area contributed by atoms with E-state index in [2.05, 4.69) is 0 Å². The average molecular weight is 388 g/mol. The number of urea groups is 1. The van der Waals surface area contributed by atoms with Gasteiger partial charge in [-0.1, -0.05) is 18.2 Å². The molecule has 1 fully saturated rings. The van der Waals surface area contributed by atoms with Crippen LogP contribution in [0.15, 0.2) is 48.5 Å². The van der Waals surface area contributed by atoms with E-state index in [1.54, 1.807) is 9.58 Å². The summed E-state index contributed by atoms with van der Waals surface area (Å²) in [6, 6.07) is 12.3. The van der Waals surface area contributed by atoms with Crippen LogP contribution in [0.25, 0.3) is 16.6 Å². The van der Waals surface area contributed by atoms with Gasteiger partial charge in [-0.25, -0.2) is 9.48 Å². The lowest BCUT2D eigenvalue weighted by Crippen LogP contribution is -2.41. The Balaban J connectivity index is 1.70. The number of rotatable bonds is 2. The van der Waals surface area contributed by atoms with E-state index in [-0.39, 0.29) is 5.92 Å². The first kappa shape index (κ1) is 18.3. The number of aromatic nitrogens is 2. The van der Waals surface area contributed by atoms with Gasteiger partial charge in [-0.15, -0.1) is 0 Å². The molecule has 2 N–H and O–H groups in total. The van der Waals surface area contributed by atoms with Crippen molar-refractivity contribution in [3.05, 3.63) is 59.8 Å². The van der Waals surface area contributed by atoms with E-state index in [4.69, 9.17) is 10.8 Å². The van der Waals surface area contributed by atoms with Crippen molar-refractivity contribution >= 4 is 16.9 Å². The monoisotopic (exact) mass is 388 g/mol. The highest BCUT2D eigenvalue weighted by molar-refractivity contribution is 5.84. The number of piperidine rings is 1. The quantitative estimate of drug-likeness (QED) is 0.711. The number of nitrogens with zero attached hydrogens (tertiary/aromatic N) is 3. The Labute approximate surface area is 159 Å². The highest BCUT2D eigenvalue weighted by atomic mass is 19.4. The molecule has 1 saturated heterocycles. The van der Waals surface area contributed by atoms with Crippen LogP contribution in [0.1, 0.15) is 30.0 Å². The largest absolute Gasteiger partial charge is 0.416 e. The van der Waals surface area contributed by atoms with Crippen molar-refractivity contribution in [2.45, 2.75) is 24.9 Å². The number of nitrogens with two attached hydrogens (primary N) is 1. The molecule has 146 valence electrons. The Morgan fingerprint density at radius 1 is 1.04 bits per heavy atom. The van der Waals surface area contributed by atoms with Crippen LogP contribution >= 0.6 is 0 Å². The fourth-order valence-electron chi connectivity index (χ4n) is 3.75. The second-order valence-corrected chi connectivity index (χ2v) is 6.96. The van der Waals surface area contributed by atoms with Crippen molar-refractivity contribution in [1.29, 1.82) is 0 Å². The normalized spacial score (nSPS) is 15.9. The molecule has 2 amide bonds. The van der Waals surface area contributed by atoms with Crippen molar-refractivity contribution in [2.24, 2.45) is 5.73 Å². The second-order valence-electron chi connectivity index (χ2n) is 6.96. The molecule has 5 nitrogen and oxygen atoms in total. The van der Waals surface area contributed by atoms with Gasteiger partial charge >= 0.3 is 12.2 Å². The zero-order chi connectivity index (χ0) is 19.9. The standard InChI is InChI=1S/C20H19F3N4O/c21-20(22,23)14-5-7-15(8-6-14)27-17-4-2-1-3-16(17)18(25-27)13-9-11-26(12-10-13)19(24)28/h1-8,13H,9-12H2,(H2,24,28). The number of para-hydroxylation sites is 1. The van der Waals surface area contributed by atoms with Crippen molar-refractivity contribution in [1.82, 2.24) is 14.7 Å². The fourth-order valence-corrected chi connectivity index (χ4v) is 3.75. The Morgan fingerprint density at radius 2 is 1.68 bits per heavy atom. The third kappa shape index (κ3) is 3.30. The Bertz CT molecular complexity index is 1000. The fraction of sp³-hybridized carbons (Fsp3) is 0.300. The minimum Gasteiger partial charge on any atom is -0.351 e. The number of alkyl halides is 3. The lowest BCUT2D eigenvalue weighted by atomic mass is 9.92. The summed E-state index contributed by atoms with van der Waals surface area (Å²) in [5.41, 5.74) is 6.98. The van der Waals surface area contributed by atoms with Crippen LogP contribution in [0, 0.1) is 0 Å². The number of hydrogen-bond acceptors (Lipinski definition) is 2. The smallest absolute Gasteiger partial charge is 0.351 e. The molecule has 0 bridgehead atoms. The van der Waals surface area contributed by atoms with Crippen LogP contribution < -0.4 is 5.73 Å². The van der Waals surface area contributed by atoms with E-state index in [0.29, 0.717) is 18.8 Å². The zero-order valence-electron chi connectivity index (χ0n) is 15.0. The number of likely N-dealkylation sites (tertiary alicyclic amines) is 1. The number of amides is 2. The molecule has 28 heavy (non-hydrogen) atoms. The van der Waals surface area contributed by atoms with Gasteiger partial charge in [0.15, 0.2) is 0 Å². The second kappa shape index (κ2) is 6.85. The number of primary amides is 1. The predicted molar refractivity (Wildman–Crippen MR) is 99.2 cm³/mol. The topological polar surface area (TPSA) is 64.2 Å². The first-order valence-corrected chi connectivity index (χ1v) is 9.04. The first-order valence-electron chi connectivity index (χ1n) is 9.04. The van der Waals surface area contributed by atoms with Crippen LogP contribution in [0.5, 0.6) is 0 Å². The molecule has 0 spiro atoms. The third-order valence-electron chi connectivity index (χ3n) is 5.25. The average Bonchev–Trinajstić information content (AvgIpc) is 3.07. The highest BCUT2D eigenvalue weighted by Gasteiger charge is 2.30. The van der Waals surface area contributed by atoms with E-state index in [9.17, 15) is 18.0 Å². The van der Waals surface area contributed by atoms with Crippen LogP contribution in [-0.2, 0) is 6.18 Å². The van der Waals surface area contributed by atoms with Crippen LogP contribution in [0.3, 0.4) is 0 Å². The lowest BCUT2D eigenvalue weighted by Gasteiger charge is -2.30. The maximum Gasteiger partial charge on any atom is 0.416 e. The van der Waals surface area contributed by atoms with Gasteiger partial charge in [0.05, 0.1) is 22.5 Å². The molecule has 2 heterocycles. The summed E-state index contributed by atoms with van der Waals surface area (Å²) in [6.45, 7) is 1.14. The van der Waals surface area contributed by atoms with E-state index < -0.39 is 17.8 Å². The van der Waals surface area contributed by atoms with Crippen molar-refractivity contribution < 1.29 is 18.0 Å². The molecule has 1 aromatic heterocycles. The maximum absolute atomic E-state index is 12.9. The van der Waals surface area contributed by atoms with Gasteiger partial charge in [-0.3, -0.25) is 0 Å². The maximum atomic E-state index is 12.9. The van der Waals surface area contributed by atoms with E-state index in [1.165, 1.54) is 12.1 Å². The minimum atomic E-state index is -4.37. The summed E-state index contributed by atoms with van der Waals surface area (Å²) >= 11 is 0. The van der Waals surface area contributed by atoms with Crippen LogP contribution in [-0.4, -0.2) is 33.8 Å². The van der Waals surface area contributed by atoms with Crippen molar-refractivity contribution in [3.8, 4) is 5.69 Å². The number of halogens is 3.